The molecule has 1 aromatic carbocycles. The first kappa shape index (κ1) is 12.3. The van der Waals surface area contributed by atoms with Gasteiger partial charge in [0.25, 0.3) is 0 Å². The van der Waals surface area contributed by atoms with Crippen LogP contribution in [-0.4, -0.2) is 24.5 Å². The smallest absolute Gasteiger partial charge is 0.346 e. The van der Waals surface area contributed by atoms with Crippen molar-refractivity contribution in [2.45, 2.75) is 19.8 Å². The Labute approximate surface area is 104 Å². The third-order valence-electron chi connectivity index (χ3n) is 2.61. The second-order valence-corrected chi connectivity index (χ2v) is 3.93. The van der Waals surface area contributed by atoms with Gasteiger partial charge in [0.1, 0.15) is 0 Å². The number of carbonyl (C=O) groups excluding carboxylic acids is 3. The number of ether oxygens (including phenoxy) is 2. The average Bonchev–Trinajstić information content (AvgIpc) is 2.65. The fourth-order valence-electron chi connectivity index (χ4n) is 1.60. The Morgan fingerprint density at radius 1 is 1.22 bits per heavy atom. The Bertz CT molecular complexity index is 518. The molecule has 0 fully saturated rings. The van der Waals surface area contributed by atoms with E-state index in [2.05, 4.69) is 4.74 Å². The normalized spacial score (nSPS) is 13.2. The Morgan fingerprint density at radius 2 is 1.94 bits per heavy atom. The first-order valence-corrected chi connectivity index (χ1v) is 5.71. The lowest BCUT2D eigenvalue weighted by atomic mass is 10.1. The van der Waals surface area contributed by atoms with E-state index in [1.807, 2.05) is 6.92 Å². The number of cyclic esters (lactones) is 2. The molecule has 0 spiro atoms. The van der Waals surface area contributed by atoms with Crippen molar-refractivity contribution in [3.05, 3.63) is 34.9 Å². The molecule has 0 saturated carbocycles. The zero-order chi connectivity index (χ0) is 13.1. The number of carbonyl (C=O) groups is 3. The molecule has 0 bridgehead atoms. The number of hydrogen-bond acceptors (Lipinski definition) is 5. The molecule has 0 saturated heterocycles. The van der Waals surface area contributed by atoms with Crippen LogP contribution in [-0.2, 0) is 9.47 Å². The quantitative estimate of drug-likeness (QED) is 0.462. The molecule has 94 valence electrons. The fraction of sp³-hybridized carbons (Fsp3) is 0.308. The summed E-state index contributed by atoms with van der Waals surface area (Å²) in [6.07, 6.45) is 1.72. The van der Waals surface area contributed by atoms with Crippen LogP contribution in [0, 0.1) is 0 Å². The van der Waals surface area contributed by atoms with E-state index >= 15 is 0 Å². The molecular weight excluding hydrogens is 236 g/mol. The van der Waals surface area contributed by atoms with E-state index in [-0.39, 0.29) is 16.7 Å². The van der Waals surface area contributed by atoms with E-state index in [0.717, 1.165) is 12.8 Å². The van der Waals surface area contributed by atoms with Crippen molar-refractivity contribution in [2.24, 2.45) is 0 Å². The molecule has 0 amide bonds. The maximum atomic E-state index is 11.6. The summed E-state index contributed by atoms with van der Waals surface area (Å²) in [4.78, 5) is 34.2. The van der Waals surface area contributed by atoms with Crippen LogP contribution in [0.25, 0.3) is 0 Å². The Kier molecular flexibility index (Phi) is 3.41. The monoisotopic (exact) mass is 248 g/mol. The van der Waals surface area contributed by atoms with Crippen molar-refractivity contribution < 1.29 is 23.9 Å². The largest absolute Gasteiger partial charge is 0.462 e. The van der Waals surface area contributed by atoms with Crippen LogP contribution < -0.4 is 0 Å². The fourth-order valence-corrected chi connectivity index (χ4v) is 1.60. The molecule has 1 aliphatic rings. The van der Waals surface area contributed by atoms with E-state index < -0.39 is 17.9 Å². The highest BCUT2D eigenvalue weighted by atomic mass is 16.6. The number of fused-ring (bicyclic) bond motifs is 1. The molecule has 0 aliphatic carbocycles. The lowest BCUT2D eigenvalue weighted by Crippen LogP contribution is -2.07. The Morgan fingerprint density at radius 3 is 2.67 bits per heavy atom. The summed E-state index contributed by atoms with van der Waals surface area (Å²) in [5.74, 6) is -1.91. The van der Waals surface area contributed by atoms with Crippen LogP contribution >= 0.6 is 0 Å². The van der Waals surface area contributed by atoms with Gasteiger partial charge < -0.3 is 9.47 Å². The summed E-state index contributed by atoms with van der Waals surface area (Å²) >= 11 is 0. The van der Waals surface area contributed by atoms with Gasteiger partial charge in [0.05, 0.1) is 23.3 Å². The third kappa shape index (κ3) is 2.25. The highest BCUT2D eigenvalue weighted by Gasteiger charge is 2.30. The van der Waals surface area contributed by atoms with E-state index in [1.165, 1.54) is 18.2 Å². The van der Waals surface area contributed by atoms with E-state index in [0.29, 0.717) is 6.61 Å². The van der Waals surface area contributed by atoms with Gasteiger partial charge in [-0.15, -0.1) is 0 Å². The van der Waals surface area contributed by atoms with Crippen molar-refractivity contribution >= 4 is 17.9 Å². The maximum Gasteiger partial charge on any atom is 0.346 e. The zero-order valence-corrected chi connectivity index (χ0v) is 9.89. The van der Waals surface area contributed by atoms with Crippen LogP contribution in [0.5, 0.6) is 0 Å². The van der Waals surface area contributed by atoms with Crippen LogP contribution in [0.15, 0.2) is 18.2 Å². The molecule has 5 nitrogen and oxygen atoms in total. The second-order valence-electron chi connectivity index (χ2n) is 3.93. The topological polar surface area (TPSA) is 69.7 Å². The predicted molar refractivity (Wildman–Crippen MR) is 61.4 cm³/mol. The predicted octanol–water partition coefficient (Wildman–Crippen LogP) is 1.95. The average molecular weight is 248 g/mol. The summed E-state index contributed by atoms with van der Waals surface area (Å²) in [7, 11) is 0. The first-order valence-electron chi connectivity index (χ1n) is 5.71. The van der Waals surface area contributed by atoms with Crippen LogP contribution in [0.2, 0.25) is 0 Å². The minimum Gasteiger partial charge on any atom is -0.462 e. The third-order valence-corrected chi connectivity index (χ3v) is 2.61. The molecule has 5 heteroatoms. The van der Waals surface area contributed by atoms with Crippen molar-refractivity contribution in [2.75, 3.05) is 6.61 Å². The molecule has 1 aromatic rings. The van der Waals surface area contributed by atoms with Gasteiger partial charge in [-0.2, -0.15) is 0 Å². The molecule has 0 unspecified atom stereocenters. The molecule has 0 atom stereocenters. The van der Waals surface area contributed by atoms with Crippen molar-refractivity contribution in [3.8, 4) is 0 Å². The second kappa shape index (κ2) is 5.00. The maximum absolute atomic E-state index is 11.6. The molecule has 0 N–H and O–H groups in total. The SMILES string of the molecule is CCCCOC(=O)c1ccc2c(c1)C(=O)OC2=O. The number of unbranched alkanes of at least 4 members (excludes halogenated alkanes) is 1. The molecular formula is C13H12O5. The molecule has 0 radical (unpaired) electrons. The van der Waals surface area contributed by atoms with Gasteiger partial charge in [-0.1, -0.05) is 13.3 Å². The Balaban J connectivity index is 2.17. The first-order chi connectivity index (χ1) is 8.63. The van der Waals surface area contributed by atoms with E-state index in [9.17, 15) is 14.4 Å². The number of benzene rings is 1. The Hall–Kier alpha value is -2.17. The van der Waals surface area contributed by atoms with Gasteiger partial charge in [0.2, 0.25) is 0 Å². The molecule has 0 aromatic heterocycles. The van der Waals surface area contributed by atoms with Gasteiger partial charge in [0, 0.05) is 0 Å². The van der Waals surface area contributed by atoms with Gasteiger partial charge in [-0.05, 0) is 24.6 Å². The van der Waals surface area contributed by atoms with Crippen LogP contribution in [0.4, 0.5) is 0 Å². The van der Waals surface area contributed by atoms with Crippen molar-refractivity contribution in [1.82, 2.24) is 0 Å². The van der Waals surface area contributed by atoms with E-state index in [1.54, 1.807) is 0 Å². The van der Waals surface area contributed by atoms with Gasteiger partial charge in [0.15, 0.2) is 0 Å². The van der Waals surface area contributed by atoms with E-state index in [4.69, 9.17) is 4.74 Å². The highest BCUT2D eigenvalue weighted by molar-refractivity contribution is 6.15. The lowest BCUT2D eigenvalue weighted by molar-refractivity contribution is 0.0442. The molecule has 1 heterocycles. The van der Waals surface area contributed by atoms with Gasteiger partial charge >= 0.3 is 17.9 Å². The highest BCUT2D eigenvalue weighted by Crippen LogP contribution is 2.21. The van der Waals surface area contributed by atoms with Gasteiger partial charge in [-0.3, -0.25) is 0 Å². The van der Waals surface area contributed by atoms with Crippen molar-refractivity contribution in [3.63, 3.8) is 0 Å². The summed E-state index contributed by atoms with van der Waals surface area (Å²) in [5, 5.41) is 0. The van der Waals surface area contributed by atoms with Crippen molar-refractivity contribution in [1.29, 1.82) is 0 Å². The minimum absolute atomic E-state index is 0.116. The lowest BCUT2D eigenvalue weighted by Gasteiger charge is -2.04. The molecule has 18 heavy (non-hydrogen) atoms. The zero-order valence-electron chi connectivity index (χ0n) is 9.89. The summed E-state index contributed by atoms with van der Waals surface area (Å²) in [6, 6.07) is 4.18. The number of rotatable bonds is 4. The standard InChI is InChI=1S/C13H12O5/c1-2-3-6-17-11(14)8-4-5-9-10(7-8)13(16)18-12(9)15/h4-5,7H,2-3,6H2,1H3. The van der Waals surface area contributed by atoms with Gasteiger partial charge in [-0.25, -0.2) is 14.4 Å². The summed E-state index contributed by atoms with van der Waals surface area (Å²) in [5.41, 5.74) is 0.548. The minimum atomic E-state index is -0.724. The number of hydrogen-bond donors (Lipinski definition) is 0. The number of esters is 3. The van der Waals surface area contributed by atoms with Crippen LogP contribution in [0.3, 0.4) is 0 Å². The molecule has 1 aliphatic heterocycles. The molecule has 2 rings (SSSR count). The summed E-state index contributed by atoms with van der Waals surface area (Å²) < 4.78 is 9.45. The summed E-state index contributed by atoms with van der Waals surface area (Å²) in [6.45, 7) is 2.33. The van der Waals surface area contributed by atoms with Crippen LogP contribution in [0.1, 0.15) is 50.8 Å².